The van der Waals surface area contributed by atoms with E-state index in [-0.39, 0.29) is 32.3 Å². The molecule has 128 valence electrons. The van der Waals surface area contributed by atoms with Crippen LogP contribution in [0.1, 0.15) is 47.0 Å². The number of rotatable bonds is 7. The van der Waals surface area contributed by atoms with Crippen molar-refractivity contribution in [2.75, 3.05) is 20.6 Å². The predicted octanol–water partition coefficient (Wildman–Crippen LogP) is 0.853. The van der Waals surface area contributed by atoms with E-state index >= 15 is 0 Å². The van der Waals surface area contributed by atoms with E-state index < -0.39 is 5.97 Å². The molecule has 0 saturated heterocycles. The topological polar surface area (TPSA) is 127 Å². The number of carbonyl (C=O) groups is 3. The minimum absolute atomic E-state index is 0. The molecule has 7 nitrogen and oxygen atoms in total. The van der Waals surface area contributed by atoms with Crippen molar-refractivity contribution in [2.24, 2.45) is 11.5 Å². The third-order valence-electron chi connectivity index (χ3n) is 2.03. The molecule has 0 fully saturated rings. The molecule has 5 N–H and O–H groups in total. The molecule has 21 heavy (non-hydrogen) atoms. The number of aldehydes is 1. The van der Waals surface area contributed by atoms with Crippen molar-refractivity contribution in [2.45, 2.75) is 53.0 Å². The van der Waals surface area contributed by atoms with Crippen LogP contribution in [0.3, 0.4) is 0 Å². The highest BCUT2D eigenvalue weighted by atomic mass is 16.4. The zero-order chi connectivity index (χ0) is 16.6. The smallest absolute Gasteiger partial charge is 0.304 e. The summed E-state index contributed by atoms with van der Waals surface area (Å²) in [5.41, 5.74) is 9.32. The Kier molecular flexibility index (Phi) is 27.6. The molecule has 0 radical (unpaired) electrons. The van der Waals surface area contributed by atoms with Crippen LogP contribution in [0.25, 0.3) is 0 Å². The first-order valence-corrected chi connectivity index (χ1v) is 6.52. The number of nitrogens with zero attached hydrogens (tertiary/aromatic N) is 1. The lowest BCUT2D eigenvalue weighted by Gasteiger charge is -2.17. The van der Waals surface area contributed by atoms with Crippen molar-refractivity contribution in [1.29, 1.82) is 0 Å². The van der Waals surface area contributed by atoms with Crippen molar-refractivity contribution in [3.8, 4) is 0 Å². The second-order valence-electron chi connectivity index (χ2n) is 4.35. The number of amides is 1. The Balaban J connectivity index is -0.000000113. The maximum Gasteiger partial charge on any atom is 0.304 e. The van der Waals surface area contributed by atoms with Crippen LogP contribution in [-0.2, 0) is 14.4 Å². The van der Waals surface area contributed by atoms with E-state index in [0.29, 0.717) is 0 Å². The van der Waals surface area contributed by atoms with Gasteiger partial charge >= 0.3 is 5.97 Å². The van der Waals surface area contributed by atoms with Crippen LogP contribution in [0, 0.1) is 0 Å². The van der Waals surface area contributed by atoms with Gasteiger partial charge in [-0.1, -0.05) is 27.2 Å². The van der Waals surface area contributed by atoms with Gasteiger partial charge in [-0.2, -0.15) is 0 Å². The lowest BCUT2D eigenvalue weighted by molar-refractivity contribution is -0.136. The van der Waals surface area contributed by atoms with Gasteiger partial charge < -0.3 is 26.3 Å². The average Bonchev–Trinajstić information content (AvgIpc) is 2.29. The molecule has 0 aliphatic heterocycles. The number of aliphatic carboxylic acids is 1. The number of carboxylic acids is 1. The Morgan fingerprint density at radius 3 is 1.90 bits per heavy atom. The monoisotopic (exact) mass is 311 g/mol. The van der Waals surface area contributed by atoms with E-state index in [4.69, 9.17) is 10.8 Å². The fourth-order valence-corrected chi connectivity index (χ4v) is 0.985. The van der Waals surface area contributed by atoms with Gasteiger partial charge in [0, 0.05) is 13.5 Å². The number of hydrogen-bond donors (Lipinski definition) is 3. The van der Waals surface area contributed by atoms with Gasteiger partial charge in [0.2, 0.25) is 5.91 Å². The summed E-state index contributed by atoms with van der Waals surface area (Å²) in [6, 6.07) is 0.125. The highest BCUT2D eigenvalue weighted by Gasteiger charge is 2.07. The summed E-state index contributed by atoms with van der Waals surface area (Å²) in [7, 11) is 3.88. The van der Waals surface area contributed by atoms with Crippen molar-refractivity contribution in [1.82, 2.24) is 4.90 Å². The van der Waals surface area contributed by atoms with Gasteiger partial charge in [0.05, 0.1) is 12.5 Å². The molecule has 1 atom stereocenters. The molecule has 0 aromatic heterocycles. The predicted molar refractivity (Wildman–Crippen MR) is 86.0 cm³/mol. The van der Waals surface area contributed by atoms with E-state index in [1.807, 2.05) is 19.0 Å². The molecular weight excluding hydrogens is 278 g/mol. The maximum absolute atomic E-state index is 10.4. The quantitative estimate of drug-likeness (QED) is 0.363. The summed E-state index contributed by atoms with van der Waals surface area (Å²) in [5.74, 6) is -1.17. The molecule has 1 unspecified atom stereocenters. The number of unbranched alkanes of at least 4 members (excludes halogenated alkanes) is 1. The molecule has 0 aliphatic carbocycles. The third-order valence-corrected chi connectivity index (χ3v) is 2.03. The molecule has 0 saturated carbocycles. The first-order valence-electron chi connectivity index (χ1n) is 6.52. The molecule has 0 heterocycles. The number of nitrogens with two attached hydrogens (primary N) is 2. The summed E-state index contributed by atoms with van der Waals surface area (Å²) in [6.07, 6.45) is 4.39. The van der Waals surface area contributed by atoms with E-state index in [2.05, 4.69) is 12.7 Å². The normalized spacial score (nSPS) is 10.0. The molecule has 0 rings (SSSR count). The van der Waals surface area contributed by atoms with Crippen LogP contribution in [0.5, 0.6) is 0 Å². The maximum atomic E-state index is 10.4. The van der Waals surface area contributed by atoms with Gasteiger partial charge in [0.1, 0.15) is 6.29 Å². The summed E-state index contributed by atoms with van der Waals surface area (Å²) in [5, 5.41) is 7.83. The number of likely N-dealkylation sites (N-methyl/N-ethyl adjacent to an activating group) is 1. The second kappa shape index (κ2) is 20.8. The third kappa shape index (κ3) is 38.1. The fourth-order valence-electron chi connectivity index (χ4n) is 0.985. The van der Waals surface area contributed by atoms with Gasteiger partial charge in [-0.25, -0.2) is 0 Å². The summed E-state index contributed by atoms with van der Waals surface area (Å²) >= 11 is 0. The van der Waals surface area contributed by atoms with Crippen LogP contribution in [0.2, 0.25) is 0 Å². The van der Waals surface area contributed by atoms with Gasteiger partial charge in [-0.05, 0) is 20.5 Å². The van der Waals surface area contributed by atoms with Crippen molar-refractivity contribution < 1.29 is 19.5 Å². The number of carbonyl (C=O) groups excluding carboxylic acids is 2. The fraction of sp³-hybridized carbons (Fsp3) is 0.786. The molecule has 0 aromatic rings. The lowest BCUT2D eigenvalue weighted by atomic mass is 10.1. The van der Waals surface area contributed by atoms with Gasteiger partial charge in [-0.15, -0.1) is 0 Å². The Labute approximate surface area is 128 Å². The first-order chi connectivity index (χ1) is 9.22. The van der Waals surface area contributed by atoms with E-state index in [1.165, 1.54) is 6.92 Å². The van der Waals surface area contributed by atoms with E-state index in [9.17, 15) is 14.4 Å². The molecule has 7 heteroatoms. The average molecular weight is 311 g/mol. The number of hydrogen-bond acceptors (Lipinski definition) is 5. The molecular formula is C14H33N3O4. The number of primary amides is 1. The van der Waals surface area contributed by atoms with Crippen molar-refractivity contribution in [3.63, 3.8) is 0 Å². The van der Waals surface area contributed by atoms with Gasteiger partial charge in [-0.3, -0.25) is 9.59 Å². The molecule has 0 aliphatic rings. The molecule has 0 bridgehead atoms. The standard InChI is InChI=1S/C8H17NO.C3H7NO2.C2H5NO.CH4/c1-4-5-6-8(7-10)9(2)3;4-2-1-3(5)6;1-2(3)4;/h7-8H,4-6H2,1-3H3;1-2,4H2,(H,5,6);1H3,(H2,3,4);1H4/i1+1;4+1;2*1+1. The van der Waals surface area contributed by atoms with Crippen molar-refractivity contribution in [3.05, 3.63) is 0 Å². The Bertz CT molecular complexity index is 255. The molecule has 1 amide bonds. The zero-order valence-electron chi connectivity index (χ0n) is 13.0. The minimum Gasteiger partial charge on any atom is -0.481 e. The largest absolute Gasteiger partial charge is 0.481 e. The Morgan fingerprint density at radius 1 is 1.33 bits per heavy atom. The second-order valence-corrected chi connectivity index (χ2v) is 4.35. The highest BCUT2D eigenvalue weighted by Crippen LogP contribution is 2.02. The first kappa shape index (κ1) is 27.8. The number of carboxylic acid groups (broad SMARTS) is 1. The summed E-state index contributed by atoms with van der Waals surface area (Å²) in [6.45, 7) is 3.67. The van der Waals surface area contributed by atoms with Crippen LogP contribution in [0.15, 0.2) is 0 Å². The summed E-state index contributed by atoms with van der Waals surface area (Å²) in [4.78, 5) is 31.1. The Hall–Kier alpha value is -1.47. The van der Waals surface area contributed by atoms with E-state index in [0.717, 1.165) is 25.5 Å². The zero-order valence-corrected chi connectivity index (χ0v) is 13.0. The Morgan fingerprint density at radius 2 is 1.76 bits per heavy atom. The summed E-state index contributed by atoms with van der Waals surface area (Å²) < 4.78 is 0. The highest BCUT2D eigenvalue weighted by molar-refractivity contribution is 5.70. The minimum atomic E-state index is -0.836. The lowest BCUT2D eigenvalue weighted by Crippen LogP contribution is -2.28. The van der Waals surface area contributed by atoms with Crippen LogP contribution < -0.4 is 11.5 Å². The molecule has 0 spiro atoms. The van der Waals surface area contributed by atoms with Crippen LogP contribution in [0.4, 0.5) is 0 Å². The van der Waals surface area contributed by atoms with Crippen molar-refractivity contribution >= 4 is 18.2 Å². The van der Waals surface area contributed by atoms with Gasteiger partial charge in [0.15, 0.2) is 0 Å². The van der Waals surface area contributed by atoms with Crippen LogP contribution in [-0.4, -0.2) is 54.9 Å². The molecule has 0 aromatic carbocycles. The SMILES string of the molecule is CN(C)C(C=O)CCC[13CH3].[13CH3]C(N)=O.[13CH4].[15NH2]CCC(=O)O. The van der Waals surface area contributed by atoms with E-state index in [1.54, 1.807) is 0 Å². The van der Waals surface area contributed by atoms with Crippen LogP contribution >= 0.6 is 0 Å². The van der Waals surface area contributed by atoms with Gasteiger partial charge in [0.25, 0.3) is 0 Å².